The van der Waals surface area contributed by atoms with Crippen LogP contribution in [0, 0.1) is 5.92 Å². The summed E-state index contributed by atoms with van der Waals surface area (Å²) in [6.07, 6.45) is 9.32. The highest BCUT2D eigenvalue weighted by Gasteiger charge is 2.30. The van der Waals surface area contributed by atoms with Gasteiger partial charge < -0.3 is 10.2 Å². The second-order valence-corrected chi connectivity index (χ2v) is 7.07. The van der Waals surface area contributed by atoms with E-state index < -0.39 is 0 Å². The molecule has 0 bridgehead atoms. The number of hydrogen-bond acceptors (Lipinski definition) is 7. The van der Waals surface area contributed by atoms with Gasteiger partial charge in [0.2, 0.25) is 11.0 Å². The molecule has 2 fully saturated rings. The van der Waals surface area contributed by atoms with Gasteiger partial charge in [0.15, 0.2) is 0 Å². The predicted molar refractivity (Wildman–Crippen MR) is 87.5 cm³/mol. The molecule has 0 spiro atoms. The van der Waals surface area contributed by atoms with Gasteiger partial charge in [-0.3, -0.25) is 9.78 Å². The predicted octanol–water partition coefficient (Wildman–Crippen LogP) is 2.06. The monoisotopic (exact) mass is 330 g/mol. The zero-order valence-electron chi connectivity index (χ0n) is 12.7. The van der Waals surface area contributed by atoms with Gasteiger partial charge in [-0.25, -0.2) is 4.98 Å². The van der Waals surface area contributed by atoms with Gasteiger partial charge in [-0.05, 0) is 25.7 Å². The van der Waals surface area contributed by atoms with Gasteiger partial charge >= 0.3 is 0 Å². The molecule has 1 atom stereocenters. The topological polar surface area (TPSA) is 83.9 Å². The summed E-state index contributed by atoms with van der Waals surface area (Å²) < 4.78 is 0. The molecule has 2 aromatic heterocycles. The first kappa shape index (κ1) is 14.5. The van der Waals surface area contributed by atoms with Crippen molar-refractivity contribution < 1.29 is 4.79 Å². The van der Waals surface area contributed by atoms with Gasteiger partial charge in [0.1, 0.15) is 10.8 Å². The standard InChI is InChI=1S/C15H18N6OS/c22-13(18-15-20-19-14(23-15)10-3-4-10)11-2-1-7-21(9-11)12-8-16-5-6-17-12/h5-6,8,10-11H,1-4,7,9H2,(H,18,20,22)/t11-/m1/s1. The molecule has 0 unspecified atom stereocenters. The van der Waals surface area contributed by atoms with E-state index in [1.165, 1.54) is 24.2 Å². The molecule has 1 saturated heterocycles. The first-order valence-electron chi connectivity index (χ1n) is 7.95. The molecule has 1 aliphatic carbocycles. The Labute approximate surface area is 138 Å². The van der Waals surface area contributed by atoms with E-state index in [0.29, 0.717) is 17.6 Å². The number of aromatic nitrogens is 4. The number of anilines is 2. The lowest BCUT2D eigenvalue weighted by molar-refractivity contribution is -0.120. The molecule has 23 heavy (non-hydrogen) atoms. The maximum Gasteiger partial charge on any atom is 0.231 e. The SMILES string of the molecule is O=C(Nc1nnc(C2CC2)s1)[C@@H]1CCCN(c2cnccn2)C1. The van der Waals surface area contributed by atoms with Crippen molar-refractivity contribution in [1.29, 1.82) is 0 Å². The number of amides is 1. The van der Waals surface area contributed by atoms with E-state index >= 15 is 0 Å². The second-order valence-electron chi connectivity index (χ2n) is 6.06. The van der Waals surface area contributed by atoms with Crippen LogP contribution in [0.15, 0.2) is 18.6 Å². The van der Waals surface area contributed by atoms with E-state index in [2.05, 4.69) is 30.4 Å². The van der Waals surface area contributed by atoms with Crippen LogP contribution in [0.1, 0.15) is 36.6 Å². The van der Waals surface area contributed by atoms with E-state index in [9.17, 15) is 4.79 Å². The van der Waals surface area contributed by atoms with Gasteiger partial charge in [-0.15, -0.1) is 10.2 Å². The van der Waals surface area contributed by atoms with Crippen LogP contribution < -0.4 is 10.2 Å². The number of carbonyl (C=O) groups excluding carboxylic acids is 1. The number of carbonyl (C=O) groups is 1. The third-order valence-corrected chi connectivity index (χ3v) is 5.26. The Morgan fingerprint density at radius 1 is 1.26 bits per heavy atom. The maximum atomic E-state index is 12.5. The first-order valence-corrected chi connectivity index (χ1v) is 8.76. The molecule has 1 saturated carbocycles. The third-order valence-electron chi connectivity index (χ3n) is 4.26. The van der Waals surface area contributed by atoms with Crippen molar-refractivity contribution in [3.05, 3.63) is 23.6 Å². The summed E-state index contributed by atoms with van der Waals surface area (Å²) in [4.78, 5) is 23.0. The number of rotatable bonds is 4. The number of nitrogens with one attached hydrogen (secondary N) is 1. The molecule has 120 valence electrons. The van der Waals surface area contributed by atoms with E-state index in [1.807, 2.05) is 0 Å². The average molecular weight is 330 g/mol. The second kappa shape index (κ2) is 6.19. The Hall–Kier alpha value is -2.09. The van der Waals surface area contributed by atoms with Gasteiger partial charge in [-0.1, -0.05) is 11.3 Å². The van der Waals surface area contributed by atoms with Crippen molar-refractivity contribution in [1.82, 2.24) is 20.2 Å². The summed E-state index contributed by atoms with van der Waals surface area (Å²) in [6.45, 7) is 1.58. The Morgan fingerprint density at radius 3 is 2.96 bits per heavy atom. The van der Waals surface area contributed by atoms with Gasteiger partial charge in [0.25, 0.3) is 0 Å². The van der Waals surface area contributed by atoms with Gasteiger partial charge in [0, 0.05) is 31.4 Å². The van der Waals surface area contributed by atoms with E-state index in [4.69, 9.17) is 0 Å². The normalized spacial score (nSPS) is 21.2. The van der Waals surface area contributed by atoms with Crippen LogP contribution in [-0.4, -0.2) is 39.2 Å². The zero-order valence-corrected chi connectivity index (χ0v) is 13.5. The molecule has 0 aromatic carbocycles. The molecule has 1 amide bonds. The number of piperidine rings is 1. The highest BCUT2D eigenvalue weighted by molar-refractivity contribution is 7.15. The summed E-state index contributed by atoms with van der Waals surface area (Å²) in [7, 11) is 0. The summed E-state index contributed by atoms with van der Waals surface area (Å²) in [6, 6.07) is 0. The number of hydrogen-bond donors (Lipinski definition) is 1. The quantitative estimate of drug-likeness (QED) is 0.924. The lowest BCUT2D eigenvalue weighted by Crippen LogP contribution is -2.41. The molecule has 2 aliphatic rings. The van der Waals surface area contributed by atoms with E-state index in [0.717, 1.165) is 30.2 Å². The number of nitrogens with zero attached hydrogens (tertiary/aromatic N) is 5. The van der Waals surface area contributed by atoms with Crippen LogP contribution in [0.4, 0.5) is 10.9 Å². The van der Waals surface area contributed by atoms with Crippen LogP contribution in [0.5, 0.6) is 0 Å². The Bertz CT molecular complexity index is 686. The molecule has 1 aliphatic heterocycles. The van der Waals surface area contributed by atoms with E-state index in [1.54, 1.807) is 18.6 Å². The molecule has 3 heterocycles. The lowest BCUT2D eigenvalue weighted by Gasteiger charge is -2.32. The van der Waals surface area contributed by atoms with Crippen molar-refractivity contribution in [3.63, 3.8) is 0 Å². The van der Waals surface area contributed by atoms with Crippen LogP contribution >= 0.6 is 11.3 Å². The molecule has 4 rings (SSSR count). The molecule has 7 nitrogen and oxygen atoms in total. The van der Waals surface area contributed by atoms with Crippen molar-refractivity contribution in [2.75, 3.05) is 23.3 Å². The Balaban J connectivity index is 1.39. The molecule has 8 heteroatoms. The van der Waals surface area contributed by atoms with Crippen molar-refractivity contribution in [2.45, 2.75) is 31.6 Å². The molecular weight excluding hydrogens is 312 g/mol. The van der Waals surface area contributed by atoms with Gasteiger partial charge in [0.05, 0.1) is 12.1 Å². The molecular formula is C15H18N6OS. The minimum atomic E-state index is -0.0565. The van der Waals surface area contributed by atoms with E-state index in [-0.39, 0.29) is 11.8 Å². The molecule has 1 N–H and O–H groups in total. The van der Waals surface area contributed by atoms with Crippen LogP contribution in [-0.2, 0) is 4.79 Å². The van der Waals surface area contributed by atoms with Crippen LogP contribution in [0.3, 0.4) is 0 Å². The lowest BCUT2D eigenvalue weighted by atomic mass is 9.97. The highest BCUT2D eigenvalue weighted by atomic mass is 32.1. The van der Waals surface area contributed by atoms with Crippen LogP contribution in [0.2, 0.25) is 0 Å². The van der Waals surface area contributed by atoms with Crippen LogP contribution in [0.25, 0.3) is 0 Å². The fourth-order valence-electron chi connectivity index (χ4n) is 2.84. The zero-order chi connectivity index (χ0) is 15.6. The molecule has 0 radical (unpaired) electrons. The largest absolute Gasteiger partial charge is 0.355 e. The summed E-state index contributed by atoms with van der Waals surface area (Å²) >= 11 is 1.50. The Kier molecular flexibility index (Phi) is 3.90. The Morgan fingerprint density at radius 2 is 2.17 bits per heavy atom. The summed E-state index contributed by atoms with van der Waals surface area (Å²) in [5.74, 6) is 1.37. The summed E-state index contributed by atoms with van der Waals surface area (Å²) in [5.41, 5.74) is 0. The summed E-state index contributed by atoms with van der Waals surface area (Å²) in [5, 5.41) is 12.8. The fraction of sp³-hybridized carbons (Fsp3) is 0.533. The third kappa shape index (κ3) is 3.31. The maximum absolute atomic E-state index is 12.5. The van der Waals surface area contributed by atoms with Crippen molar-refractivity contribution >= 4 is 28.2 Å². The van der Waals surface area contributed by atoms with Crippen molar-refractivity contribution in [2.24, 2.45) is 5.92 Å². The first-order chi connectivity index (χ1) is 11.3. The molecule has 2 aromatic rings. The van der Waals surface area contributed by atoms with Gasteiger partial charge in [-0.2, -0.15) is 0 Å². The highest BCUT2D eigenvalue weighted by Crippen LogP contribution is 2.42. The minimum absolute atomic E-state index is 0.0251. The average Bonchev–Trinajstić information content (AvgIpc) is 3.36. The minimum Gasteiger partial charge on any atom is -0.355 e. The van der Waals surface area contributed by atoms with Crippen molar-refractivity contribution in [3.8, 4) is 0 Å². The smallest absolute Gasteiger partial charge is 0.231 e. The fourth-order valence-corrected chi connectivity index (χ4v) is 3.76.